The van der Waals surface area contributed by atoms with Crippen LogP contribution in [0.25, 0.3) is 0 Å². The third-order valence-electron chi connectivity index (χ3n) is 6.39. The number of rotatable bonds is 2. The molecule has 26 heavy (non-hydrogen) atoms. The number of likely N-dealkylation sites (tertiary alicyclic amines) is 1. The quantitative estimate of drug-likeness (QED) is 0.871. The van der Waals surface area contributed by atoms with Crippen molar-refractivity contribution in [2.75, 3.05) is 11.9 Å². The number of hydrogen-bond acceptors (Lipinski definition) is 3. The lowest BCUT2D eigenvalue weighted by molar-refractivity contribution is 0.0555. The van der Waals surface area contributed by atoms with Gasteiger partial charge in [0.2, 0.25) is 0 Å². The molecule has 1 unspecified atom stereocenters. The summed E-state index contributed by atoms with van der Waals surface area (Å²) in [5.41, 5.74) is 4.23. The molecule has 2 spiro atoms. The standard InChI is InChI=1S/C22H25N3O/c1-16-6-5-9-18-19(16)23-22(24-20(18)26)12-13-25(21(15-22)10-11-21)14-17-7-3-2-4-8-17/h2-9,23H,10-15H2,1H3,(H,24,26). The van der Waals surface area contributed by atoms with Crippen molar-refractivity contribution in [1.29, 1.82) is 0 Å². The topological polar surface area (TPSA) is 44.4 Å². The summed E-state index contributed by atoms with van der Waals surface area (Å²) in [6.45, 7) is 4.08. The molecule has 5 rings (SSSR count). The fourth-order valence-electron chi connectivity index (χ4n) is 4.80. The van der Waals surface area contributed by atoms with Crippen molar-refractivity contribution in [3.63, 3.8) is 0 Å². The molecular weight excluding hydrogens is 322 g/mol. The Kier molecular flexibility index (Phi) is 3.41. The molecule has 1 aliphatic carbocycles. The summed E-state index contributed by atoms with van der Waals surface area (Å²) in [6.07, 6.45) is 4.35. The lowest BCUT2D eigenvalue weighted by Crippen LogP contribution is -2.65. The molecular formula is C22H25N3O. The molecule has 2 heterocycles. The zero-order valence-electron chi connectivity index (χ0n) is 15.2. The minimum Gasteiger partial charge on any atom is -0.362 e. The van der Waals surface area contributed by atoms with E-state index in [1.807, 2.05) is 12.1 Å². The second-order valence-corrected chi connectivity index (χ2v) is 8.22. The van der Waals surface area contributed by atoms with Gasteiger partial charge in [-0.1, -0.05) is 42.5 Å². The van der Waals surface area contributed by atoms with Gasteiger partial charge in [-0.25, -0.2) is 0 Å². The summed E-state index contributed by atoms with van der Waals surface area (Å²) in [7, 11) is 0. The van der Waals surface area contributed by atoms with Crippen molar-refractivity contribution in [3.05, 3.63) is 65.2 Å². The van der Waals surface area contributed by atoms with Crippen LogP contribution >= 0.6 is 0 Å². The van der Waals surface area contributed by atoms with Crippen LogP contribution in [0, 0.1) is 6.92 Å². The number of para-hydroxylation sites is 1. The van der Waals surface area contributed by atoms with Crippen LogP contribution in [-0.4, -0.2) is 28.6 Å². The van der Waals surface area contributed by atoms with Crippen molar-refractivity contribution in [3.8, 4) is 0 Å². The van der Waals surface area contributed by atoms with Gasteiger partial charge in [-0.05, 0) is 37.0 Å². The Morgan fingerprint density at radius 1 is 1.00 bits per heavy atom. The van der Waals surface area contributed by atoms with E-state index in [2.05, 4.69) is 58.9 Å². The third kappa shape index (κ3) is 2.52. The number of benzene rings is 2. The highest BCUT2D eigenvalue weighted by Crippen LogP contribution is 2.52. The van der Waals surface area contributed by atoms with Crippen molar-refractivity contribution in [1.82, 2.24) is 10.2 Å². The van der Waals surface area contributed by atoms with Crippen molar-refractivity contribution >= 4 is 11.6 Å². The summed E-state index contributed by atoms with van der Waals surface area (Å²) in [5.74, 6) is 0.0646. The number of carbonyl (C=O) groups is 1. The molecule has 4 heteroatoms. The van der Waals surface area contributed by atoms with Crippen LogP contribution in [0.15, 0.2) is 48.5 Å². The van der Waals surface area contributed by atoms with Gasteiger partial charge in [0.05, 0.1) is 11.3 Å². The predicted octanol–water partition coefficient (Wildman–Crippen LogP) is 3.68. The molecule has 1 saturated heterocycles. The smallest absolute Gasteiger partial charge is 0.255 e. The van der Waals surface area contributed by atoms with Crippen LogP contribution in [0.4, 0.5) is 5.69 Å². The Morgan fingerprint density at radius 3 is 2.58 bits per heavy atom. The monoisotopic (exact) mass is 347 g/mol. The second-order valence-electron chi connectivity index (χ2n) is 8.22. The minimum atomic E-state index is -0.306. The molecule has 0 aromatic heterocycles. The first kappa shape index (κ1) is 15.9. The highest BCUT2D eigenvalue weighted by atomic mass is 16.2. The highest BCUT2D eigenvalue weighted by Gasteiger charge is 2.57. The molecule has 0 radical (unpaired) electrons. The van der Waals surface area contributed by atoms with Crippen LogP contribution in [0.1, 0.15) is 47.2 Å². The van der Waals surface area contributed by atoms with Gasteiger partial charge in [0.15, 0.2) is 0 Å². The van der Waals surface area contributed by atoms with E-state index < -0.39 is 0 Å². The SMILES string of the molecule is Cc1cccc2c1NC1(CCN(Cc3ccccc3)C3(CC3)C1)NC2=O. The van der Waals surface area contributed by atoms with Gasteiger partial charge >= 0.3 is 0 Å². The van der Waals surface area contributed by atoms with E-state index in [4.69, 9.17) is 0 Å². The Hall–Kier alpha value is -2.33. The fourth-order valence-corrected chi connectivity index (χ4v) is 4.80. The minimum absolute atomic E-state index is 0.0646. The van der Waals surface area contributed by atoms with Crippen LogP contribution in [0.3, 0.4) is 0 Å². The molecule has 0 bridgehead atoms. The number of nitrogens with zero attached hydrogens (tertiary/aromatic N) is 1. The summed E-state index contributed by atoms with van der Waals surface area (Å²) >= 11 is 0. The normalized spacial score (nSPS) is 26.3. The van der Waals surface area contributed by atoms with Crippen molar-refractivity contribution in [2.45, 2.75) is 50.4 Å². The van der Waals surface area contributed by atoms with E-state index in [0.717, 1.165) is 42.7 Å². The Morgan fingerprint density at radius 2 is 1.81 bits per heavy atom. The number of piperidine rings is 1. The number of hydrogen-bond donors (Lipinski definition) is 2. The highest BCUT2D eigenvalue weighted by molar-refractivity contribution is 6.02. The number of fused-ring (bicyclic) bond motifs is 1. The largest absolute Gasteiger partial charge is 0.362 e. The van der Waals surface area contributed by atoms with Crippen LogP contribution in [0.5, 0.6) is 0 Å². The fraction of sp³-hybridized carbons (Fsp3) is 0.409. The van der Waals surface area contributed by atoms with Crippen LogP contribution in [0.2, 0.25) is 0 Å². The van der Waals surface area contributed by atoms with Gasteiger partial charge < -0.3 is 10.6 Å². The average molecular weight is 347 g/mol. The van der Waals surface area contributed by atoms with Gasteiger partial charge in [0.1, 0.15) is 5.66 Å². The summed E-state index contributed by atoms with van der Waals surface area (Å²) in [4.78, 5) is 15.4. The molecule has 3 aliphatic rings. The molecule has 1 atom stereocenters. The van der Waals surface area contributed by atoms with E-state index >= 15 is 0 Å². The molecule has 2 fully saturated rings. The maximum absolute atomic E-state index is 12.8. The predicted molar refractivity (Wildman–Crippen MR) is 103 cm³/mol. The Labute approximate surface area is 154 Å². The molecule has 1 amide bonds. The first-order chi connectivity index (χ1) is 12.6. The number of carbonyl (C=O) groups excluding carboxylic acids is 1. The van der Waals surface area contributed by atoms with Crippen molar-refractivity contribution in [2.24, 2.45) is 0 Å². The molecule has 4 nitrogen and oxygen atoms in total. The zero-order chi connectivity index (χ0) is 17.8. The number of nitrogens with one attached hydrogen (secondary N) is 2. The van der Waals surface area contributed by atoms with E-state index in [1.165, 1.54) is 18.4 Å². The first-order valence-electron chi connectivity index (χ1n) is 9.59. The molecule has 2 N–H and O–H groups in total. The molecule has 134 valence electrons. The lowest BCUT2D eigenvalue weighted by Gasteiger charge is -2.50. The molecule has 1 saturated carbocycles. The number of amides is 1. The van der Waals surface area contributed by atoms with E-state index in [0.29, 0.717) is 0 Å². The molecule has 2 aromatic carbocycles. The van der Waals surface area contributed by atoms with Gasteiger partial charge in [-0.2, -0.15) is 0 Å². The zero-order valence-corrected chi connectivity index (χ0v) is 15.2. The van der Waals surface area contributed by atoms with Crippen LogP contribution < -0.4 is 10.6 Å². The van der Waals surface area contributed by atoms with Gasteiger partial charge in [0.25, 0.3) is 5.91 Å². The summed E-state index contributed by atoms with van der Waals surface area (Å²) in [5, 5.41) is 7.05. The Balaban J connectivity index is 1.40. The van der Waals surface area contributed by atoms with Crippen LogP contribution in [-0.2, 0) is 6.54 Å². The van der Waals surface area contributed by atoms with Gasteiger partial charge in [0, 0.05) is 31.5 Å². The maximum atomic E-state index is 12.8. The summed E-state index contributed by atoms with van der Waals surface area (Å²) < 4.78 is 0. The Bertz CT molecular complexity index is 859. The lowest BCUT2D eigenvalue weighted by atomic mass is 9.85. The third-order valence-corrected chi connectivity index (χ3v) is 6.39. The number of aryl methyl sites for hydroxylation is 1. The molecule has 2 aromatic rings. The number of anilines is 1. The van der Waals surface area contributed by atoms with Crippen molar-refractivity contribution < 1.29 is 4.79 Å². The maximum Gasteiger partial charge on any atom is 0.255 e. The van der Waals surface area contributed by atoms with E-state index in [-0.39, 0.29) is 17.1 Å². The second kappa shape index (κ2) is 5.58. The van der Waals surface area contributed by atoms with E-state index in [1.54, 1.807) is 0 Å². The van der Waals surface area contributed by atoms with E-state index in [9.17, 15) is 4.79 Å². The molecule has 2 aliphatic heterocycles. The first-order valence-corrected chi connectivity index (χ1v) is 9.59. The van der Waals surface area contributed by atoms with Gasteiger partial charge in [-0.15, -0.1) is 0 Å². The average Bonchev–Trinajstić information content (AvgIpc) is 3.40. The summed E-state index contributed by atoms with van der Waals surface area (Å²) in [6, 6.07) is 16.7. The van der Waals surface area contributed by atoms with Gasteiger partial charge in [-0.3, -0.25) is 9.69 Å².